The van der Waals surface area contributed by atoms with Gasteiger partial charge in [0, 0.05) is 17.0 Å². The van der Waals surface area contributed by atoms with Crippen molar-refractivity contribution < 1.29 is 4.79 Å². The van der Waals surface area contributed by atoms with Gasteiger partial charge in [0.15, 0.2) is 5.78 Å². The highest BCUT2D eigenvalue weighted by Crippen LogP contribution is 2.28. The highest BCUT2D eigenvalue weighted by atomic mass is 16.1. The Hall–Kier alpha value is -2.48. The second-order valence-corrected chi connectivity index (χ2v) is 4.50. The molecule has 0 atom stereocenters. The summed E-state index contributed by atoms with van der Waals surface area (Å²) in [6, 6.07) is 8.25. The zero-order valence-corrected chi connectivity index (χ0v) is 9.55. The third kappa shape index (κ3) is 1.17. The van der Waals surface area contributed by atoms with Crippen molar-refractivity contribution in [2.24, 2.45) is 0 Å². The van der Waals surface area contributed by atoms with E-state index in [0.717, 1.165) is 21.7 Å². The second-order valence-electron chi connectivity index (χ2n) is 4.50. The number of fused-ring (bicyclic) bond motifs is 5. The highest BCUT2D eigenvalue weighted by Gasteiger charge is 2.17. The highest BCUT2D eigenvalue weighted by molar-refractivity contribution is 6.17. The van der Waals surface area contributed by atoms with E-state index in [2.05, 4.69) is 23.2 Å². The van der Waals surface area contributed by atoms with Crippen molar-refractivity contribution >= 4 is 24.0 Å². The van der Waals surface area contributed by atoms with Crippen molar-refractivity contribution in [3.63, 3.8) is 0 Å². The third-order valence-corrected chi connectivity index (χ3v) is 3.41. The van der Waals surface area contributed by atoms with Crippen LogP contribution in [-0.4, -0.2) is 10.8 Å². The Morgan fingerprint density at radius 1 is 1.00 bits per heavy atom. The molecule has 0 saturated carbocycles. The Balaban J connectivity index is 2.17. The van der Waals surface area contributed by atoms with E-state index in [1.807, 2.05) is 18.2 Å². The van der Waals surface area contributed by atoms with Gasteiger partial charge in [-0.3, -0.25) is 9.78 Å². The Morgan fingerprint density at radius 2 is 1.89 bits per heavy atom. The molecule has 2 nitrogen and oxygen atoms in total. The van der Waals surface area contributed by atoms with Crippen molar-refractivity contribution in [2.45, 2.75) is 0 Å². The average molecular weight is 231 g/mol. The van der Waals surface area contributed by atoms with Crippen molar-refractivity contribution in [3.8, 4) is 11.1 Å². The fourth-order valence-corrected chi connectivity index (χ4v) is 2.61. The fraction of sp³-hybridized carbons (Fsp3) is 0. The third-order valence-electron chi connectivity index (χ3n) is 3.41. The Morgan fingerprint density at radius 3 is 2.83 bits per heavy atom. The largest absolute Gasteiger partial charge is 0.290 e. The number of allylic oxidation sites excluding steroid dienone is 1. The van der Waals surface area contributed by atoms with Gasteiger partial charge < -0.3 is 0 Å². The van der Waals surface area contributed by atoms with E-state index >= 15 is 0 Å². The second kappa shape index (κ2) is 3.26. The summed E-state index contributed by atoms with van der Waals surface area (Å²) in [5.41, 5.74) is 4.63. The van der Waals surface area contributed by atoms with Crippen molar-refractivity contribution in [2.75, 3.05) is 0 Å². The molecule has 18 heavy (non-hydrogen) atoms. The van der Waals surface area contributed by atoms with Crippen LogP contribution in [0.25, 0.3) is 29.4 Å². The lowest BCUT2D eigenvalue weighted by Crippen LogP contribution is -2.21. The molecule has 0 bridgehead atoms. The maximum atomic E-state index is 11.4. The zero-order valence-electron chi connectivity index (χ0n) is 9.55. The minimum Gasteiger partial charge on any atom is -0.290 e. The molecular formula is C16H9NO. The number of pyridine rings is 1. The number of aromatic nitrogens is 1. The summed E-state index contributed by atoms with van der Waals surface area (Å²) in [4.78, 5) is 15.8. The van der Waals surface area contributed by atoms with E-state index in [9.17, 15) is 4.79 Å². The van der Waals surface area contributed by atoms with E-state index < -0.39 is 0 Å². The van der Waals surface area contributed by atoms with Gasteiger partial charge in [0.2, 0.25) is 0 Å². The number of benzene rings is 1. The number of hydrogen-bond donors (Lipinski definition) is 0. The van der Waals surface area contributed by atoms with Crippen LogP contribution in [0.3, 0.4) is 0 Å². The van der Waals surface area contributed by atoms with Gasteiger partial charge in [0.1, 0.15) is 0 Å². The molecule has 0 radical (unpaired) electrons. The molecule has 4 rings (SSSR count). The maximum absolute atomic E-state index is 11.4. The van der Waals surface area contributed by atoms with Gasteiger partial charge in [0.05, 0.1) is 5.35 Å². The molecule has 2 aliphatic carbocycles. The summed E-state index contributed by atoms with van der Waals surface area (Å²) in [5, 5.41) is 1.90. The van der Waals surface area contributed by atoms with E-state index in [1.54, 1.807) is 18.3 Å². The standard InChI is InChI=1S/C16H9NO/c18-12-5-6-14-11(7-12)9-17-15-8-10-3-1-2-4-13(10)16(14)15/h1-9H. The van der Waals surface area contributed by atoms with Gasteiger partial charge in [-0.2, -0.15) is 0 Å². The van der Waals surface area contributed by atoms with Crippen LogP contribution in [0, 0.1) is 0 Å². The molecule has 2 aliphatic rings. The molecule has 2 heteroatoms. The molecule has 1 aromatic carbocycles. The molecule has 1 heterocycles. The van der Waals surface area contributed by atoms with Gasteiger partial charge in [0.25, 0.3) is 0 Å². The first-order valence-corrected chi connectivity index (χ1v) is 5.87. The maximum Gasteiger partial charge on any atom is 0.179 e. The summed E-state index contributed by atoms with van der Waals surface area (Å²) >= 11 is 0. The van der Waals surface area contributed by atoms with E-state index in [-0.39, 0.29) is 5.78 Å². The summed E-state index contributed by atoms with van der Waals surface area (Å²) in [7, 11) is 0. The van der Waals surface area contributed by atoms with Crippen LogP contribution in [0.2, 0.25) is 0 Å². The minimum atomic E-state index is 0.0273. The molecule has 84 valence electrons. The summed E-state index contributed by atoms with van der Waals surface area (Å²) < 4.78 is 0. The van der Waals surface area contributed by atoms with Crippen LogP contribution in [-0.2, 0) is 4.79 Å². The molecule has 0 amide bonds. The molecular weight excluding hydrogens is 222 g/mol. The number of carbonyl (C=O) groups excluding carboxylic acids is 1. The molecule has 0 aliphatic heterocycles. The van der Waals surface area contributed by atoms with Gasteiger partial charge in [-0.05, 0) is 41.0 Å². The van der Waals surface area contributed by atoms with Crippen LogP contribution in [0.1, 0.15) is 11.1 Å². The van der Waals surface area contributed by atoms with Crippen LogP contribution >= 0.6 is 0 Å². The number of ketones is 1. The molecule has 0 spiro atoms. The van der Waals surface area contributed by atoms with Gasteiger partial charge in [-0.1, -0.05) is 24.3 Å². The van der Waals surface area contributed by atoms with Crippen LogP contribution in [0.15, 0.2) is 36.5 Å². The number of carbonyl (C=O) groups is 1. The predicted octanol–water partition coefficient (Wildman–Crippen LogP) is 1.27. The van der Waals surface area contributed by atoms with Gasteiger partial charge >= 0.3 is 0 Å². The average Bonchev–Trinajstić information content (AvgIpc) is 2.77. The zero-order chi connectivity index (χ0) is 12.1. The quantitative estimate of drug-likeness (QED) is 0.583. The lowest BCUT2D eigenvalue weighted by molar-refractivity contribution is -0.109. The van der Waals surface area contributed by atoms with Crippen molar-refractivity contribution in [3.05, 3.63) is 58.2 Å². The van der Waals surface area contributed by atoms with Crippen molar-refractivity contribution in [1.29, 1.82) is 0 Å². The van der Waals surface area contributed by atoms with Crippen molar-refractivity contribution in [1.82, 2.24) is 4.98 Å². The first-order valence-electron chi connectivity index (χ1n) is 5.87. The Bertz CT molecular complexity index is 844. The Kier molecular flexibility index (Phi) is 1.73. The number of nitrogens with zero attached hydrogens (tertiary/aromatic N) is 1. The lowest BCUT2D eigenvalue weighted by atomic mass is 9.97. The van der Waals surface area contributed by atoms with Crippen LogP contribution in [0.4, 0.5) is 0 Å². The number of hydrogen-bond acceptors (Lipinski definition) is 2. The van der Waals surface area contributed by atoms with Gasteiger partial charge in [-0.15, -0.1) is 0 Å². The summed E-state index contributed by atoms with van der Waals surface area (Å²) in [5.74, 6) is 0.0273. The smallest absolute Gasteiger partial charge is 0.179 e. The van der Waals surface area contributed by atoms with Crippen LogP contribution in [0.5, 0.6) is 0 Å². The first kappa shape index (κ1) is 9.54. The monoisotopic (exact) mass is 231 g/mol. The van der Waals surface area contributed by atoms with Gasteiger partial charge in [-0.25, -0.2) is 0 Å². The molecule has 0 saturated heterocycles. The molecule has 0 unspecified atom stereocenters. The summed E-state index contributed by atoms with van der Waals surface area (Å²) in [6.07, 6.45) is 9.02. The van der Waals surface area contributed by atoms with E-state index in [1.165, 1.54) is 11.1 Å². The van der Waals surface area contributed by atoms with E-state index in [0.29, 0.717) is 0 Å². The molecule has 0 N–H and O–H groups in total. The molecule has 0 fully saturated rings. The minimum absolute atomic E-state index is 0.0273. The lowest BCUT2D eigenvalue weighted by Gasteiger charge is -2.08. The van der Waals surface area contributed by atoms with Crippen LogP contribution < -0.4 is 10.6 Å². The predicted molar refractivity (Wildman–Crippen MR) is 71.0 cm³/mol. The summed E-state index contributed by atoms with van der Waals surface area (Å²) in [6.45, 7) is 0. The topological polar surface area (TPSA) is 30.0 Å². The molecule has 1 aromatic heterocycles. The first-order chi connectivity index (χ1) is 8.83. The normalized spacial score (nSPS) is 14.3. The molecule has 2 aromatic rings. The SMILES string of the molecule is O=C1C=Cc2c3c(ncc2=C1)=Cc1ccccc1-3. The van der Waals surface area contributed by atoms with E-state index in [4.69, 9.17) is 0 Å². The fourth-order valence-electron chi connectivity index (χ4n) is 2.61. The Labute approximate surface area is 104 Å². The number of rotatable bonds is 0.